The summed E-state index contributed by atoms with van der Waals surface area (Å²) < 4.78 is 7.63. The Hall–Kier alpha value is -1.92. The molecule has 4 fully saturated rings. The van der Waals surface area contributed by atoms with E-state index in [2.05, 4.69) is 40.5 Å². The molecule has 0 bridgehead atoms. The summed E-state index contributed by atoms with van der Waals surface area (Å²) in [4.78, 5) is 7.11. The van der Waals surface area contributed by atoms with Crippen LogP contribution >= 0.6 is 0 Å². The highest BCUT2D eigenvalue weighted by atomic mass is 16.5. The minimum absolute atomic E-state index is 0.367. The molecule has 2 saturated carbocycles. The van der Waals surface area contributed by atoms with Crippen LogP contribution in [-0.2, 0) is 4.74 Å². The fraction of sp³-hybridized carbons (Fsp3) is 0.636. The van der Waals surface area contributed by atoms with Crippen LogP contribution in [0.15, 0.2) is 18.3 Å². The molecule has 4 heterocycles. The molecular weight excluding hydrogens is 350 g/mol. The van der Waals surface area contributed by atoms with Crippen molar-refractivity contribution in [2.45, 2.75) is 50.6 Å². The summed E-state index contributed by atoms with van der Waals surface area (Å²) in [5.41, 5.74) is 10.9. The first-order chi connectivity index (χ1) is 13.6. The maximum Gasteiger partial charge on any atom is 0.126 e. The van der Waals surface area contributed by atoms with Gasteiger partial charge in [0.15, 0.2) is 0 Å². The van der Waals surface area contributed by atoms with E-state index < -0.39 is 0 Å². The van der Waals surface area contributed by atoms with E-state index in [-0.39, 0.29) is 0 Å². The third-order valence-electron chi connectivity index (χ3n) is 7.22. The molecule has 0 aromatic carbocycles. The Kier molecular flexibility index (Phi) is 3.66. The number of nitrogen functional groups attached to an aromatic ring is 1. The largest absolute Gasteiger partial charge is 0.383 e. The van der Waals surface area contributed by atoms with Gasteiger partial charge in [0.25, 0.3) is 0 Å². The Morgan fingerprint density at radius 2 is 1.89 bits per heavy atom. The first-order valence-corrected chi connectivity index (χ1v) is 10.8. The Balaban J connectivity index is 1.28. The highest BCUT2D eigenvalue weighted by molar-refractivity contribution is 5.63. The highest BCUT2D eigenvalue weighted by Crippen LogP contribution is 2.59. The molecule has 6 heteroatoms. The summed E-state index contributed by atoms with van der Waals surface area (Å²) in [5.74, 6) is 3.52. The molecular formula is C22H29N5O. The normalized spacial score (nSPS) is 29.9. The molecule has 2 aliphatic heterocycles. The van der Waals surface area contributed by atoms with Crippen LogP contribution in [0, 0.1) is 11.8 Å². The molecule has 0 spiro atoms. The monoisotopic (exact) mass is 379 g/mol. The fourth-order valence-corrected chi connectivity index (χ4v) is 5.30. The van der Waals surface area contributed by atoms with Crippen LogP contribution in [0.3, 0.4) is 0 Å². The summed E-state index contributed by atoms with van der Waals surface area (Å²) in [6, 6.07) is 5.58. The van der Waals surface area contributed by atoms with Gasteiger partial charge in [-0.3, -0.25) is 9.58 Å². The number of pyridine rings is 1. The lowest BCUT2D eigenvalue weighted by Gasteiger charge is -2.35. The van der Waals surface area contributed by atoms with Crippen molar-refractivity contribution in [3.8, 4) is 11.3 Å². The number of hydrogen-bond acceptors (Lipinski definition) is 5. The zero-order valence-corrected chi connectivity index (χ0v) is 16.7. The molecule has 6 nitrogen and oxygen atoms in total. The fourth-order valence-electron chi connectivity index (χ4n) is 5.30. The number of anilines is 1. The summed E-state index contributed by atoms with van der Waals surface area (Å²) in [5, 5.41) is 5.00. The number of fused-ring (bicyclic) bond motifs is 1. The molecule has 3 atom stereocenters. The number of rotatable bonds is 5. The molecule has 28 heavy (non-hydrogen) atoms. The average molecular weight is 380 g/mol. The molecule has 2 aliphatic carbocycles. The number of aromatic nitrogens is 3. The van der Waals surface area contributed by atoms with Crippen LogP contribution in [0.2, 0.25) is 0 Å². The Morgan fingerprint density at radius 3 is 2.50 bits per heavy atom. The zero-order chi connectivity index (χ0) is 19.0. The zero-order valence-electron chi connectivity index (χ0n) is 16.7. The van der Waals surface area contributed by atoms with Gasteiger partial charge in [-0.25, -0.2) is 4.98 Å². The van der Waals surface area contributed by atoms with E-state index >= 15 is 0 Å². The summed E-state index contributed by atoms with van der Waals surface area (Å²) >= 11 is 0. The van der Waals surface area contributed by atoms with Crippen molar-refractivity contribution in [3.05, 3.63) is 29.6 Å². The van der Waals surface area contributed by atoms with Crippen molar-refractivity contribution in [3.63, 3.8) is 0 Å². The van der Waals surface area contributed by atoms with Crippen molar-refractivity contribution < 1.29 is 4.74 Å². The molecule has 4 aliphatic rings. The third-order valence-corrected chi connectivity index (χ3v) is 7.22. The minimum Gasteiger partial charge on any atom is -0.383 e. The van der Waals surface area contributed by atoms with Crippen LogP contribution in [-0.4, -0.2) is 52.0 Å². The number of hydrogen-bond donors (Lipinski definition) is 1. The summed E-state index contributed by atoms with van der Waals surface area (Å²) in [6.45, 7) is 8.74. The molecule has 0 radical (unpaired) electrons. The second-order valence-electron chi connectivity index (χ2n) is 9.46. The van der Waals surface area contributed by atoms with Gasteiger partial charge in [0.1, 0.15) is 5.82 Å². The van der Waals surface area contributed by atoms with E-state index in [0.29, 0.717) is 29.7 Å². The molecule has 0 amide bonds. The van der Waals surface area contributed by atoms with E-state index in [0.717, 1.165) is 36.3 Å². The molecule has 2 saturated heterocycles. The van der Waals surface area contributed by atoms with Crippen molar-refractivity contribution in [1.82, 2.24) is 19.7 Å². The first kappa shape index (κ1) is 17.0. The predicted octanol–water partition coefficient (Wildman–Crippen LogP) is 3.03. The minimum atomic E-state index is 0.367. The summed E-state index contributed by atoms with van der Waals surface area (Å²) in [6.07, 6.45) is 4.36. The lowest BCUT2D eigenvalue weighted by Crippen LogP contribution is -2.48. The van der Waals surface area contributed by atoms with E-state index in [1.165, 1.54) is 37.2 Å². The highest BCUT2D eigenvalue weighted by Gasteiger charge is 2.58. The first-order valence-electron chi connectivity index (χ1n) is 10.8. The van der Waals surface area contributed by atoms with Crippen molar-refractivity contribution in [2.75, 3.05) is 32.0 Å². The lowest BCUT2D eigenvalue weighted by molar-refractivity contribution is -0.0610. The maximum absolute atomic E-state index is 6.12. The lowest BCUT2D eigenvalue weighted by atomic mass is 10.1. The predicted molar refractivity (Wildman–Crippen MR) is 108 cm³/mol. The Bertz CT molecular complexity index is 902. The molecule has 1 unspecified atom stereocenters. The Morgan fingerprint density at radius 1 is 1.14 bits per heavy atom. The molecule has 2 aromatic heterocycles. The average Bonchev–Trinajstić information content (AvgIpc) is 3.49. The Labute approximate surface area is 166 Å². The standard InChI is InChI=1S/C22H29N5O/c1-12(2)27-20(21-17-8-26(9-18(17)21)15-10-28-11-15)6-19(25-27)14-5-16(13-3-4-13)22(23)24-7-14/h5-7,12-13,15,17-18,21H,3-4,8-11H2,1-2H3,(H2,23,24)/t17-,18+,21?. The third kappa shape index (κ3) is 2.61. The molecule has 6 rings (SSSR count). The van der Waals surface area contributed by atoms with Gasteiger partial charge in [-0.15, -0.1) is 0 Å². The van der Waals surface area contributed by atoms with E-state index in [1.54, 1.807) is 0 Å². The van der Waals surface area contributed by atoms with Gasteiger partial charge in [0.05, 0.1) is 24.9 Å². The van der Waals surface area contributed by atoms with Gasteiger partial charge < -0.3 is 10.5 Å². The van der Waals surface area contributed by atoms with Crippen molar-refractivity contribution in [1.29, 1.82) is 0 Å². The van der Waals surface area contributed by atoms with Gasteiger partial charge in [0, 0.05) is 42.5 Å². The molecule has 2 N–H and O–H groups in total. The van der Waals surface area contributed by atoms with Crippen LogP contribution in [0.25, 0.3) is 11.3 Å². The molecule has 148 valence electrons. The van der Waals surface area contributed by atoms with Crippen LogP contribution in [0.4, 0.5) is 5.82 Å². The SMILES string of the molecule is CC(C)n1nc(-c2cnc(N)c(C3CC3)c2)cc1C1[C@H]2CN(C3COC3)C[C@@H]12. The van der Waals surface area contributed by atoms with Gasteiger partial charge in [-0.1, -0.05) is 0 Å². The number of piperidine rings is 1. The number of likely N-dealkylation sites (tertiary alicyclic amines) is 1. The number of ether oxygens (including phenoxy) is 1. The van der Waals surface area contributed by atoms with E-state index in [1.807, 2.05) is 6.20 Å². The maximum atomic E-state index is 6.12. The van der Waals surface area contributed by atoms with Gasteiger partial charge in [-0.2, -0.15) is 5.10 Å². The van der Waals surface area contributed by atoms with Crippen LogP contribution in [0.5, 0.6) is 0 Å². The van der Waals surface area contributed by atoms with Gasteiger partial charge >= 0.3 is 0 Å². The van der Waals surface area contributed by atoms with Crippen molar-refractivity contribution >= 4 is 5.82 Å². The second kappa shape index (κ2) is 6.04. The second-order valence-corrected chi connectivity index (χ2v) is 9.46. The van der Waals surface area contributed by atoms with Crippen molar-refractivity contribution in [2.24, 2.45) is 11.8 Å². The summed E-state index contributed by atoms with van der Waals surface area (Å²) in [7, 11) is 0. The number of nitrogens with two attached hydrogens (primary N) is 1. The topological polar surface area (TPSA) is 69.2 Å². The van der Waals surface area contributed by atoms with Crippen LogP contribution < -0.4 is 5.73 Å². The quantitative estimate of drug-likeness (QED) is 0.865. The van der Waals surface area contributed by atoms with Gasteiger partial charge in [-0.05, 0) is 62.1 Å². The van der Waals surface area contributed by atoms with E-state index in [4.69, 9.17) is 15.6 Å². The number of nitrogens with zero attached hydrogens (tertiary/aromatic N) is 4. The van der Waals surface area contributed by atoms with Gasteiger partial charge in [0.2, 0.25) is 0 Å². The molecule has 2 aromatic rings. The van der Waals surface area contributed by atoms with E-state index in [9.17, 15) is 0 Å². The smallest absolute Gasteiger partial charge is 0.126 e. The van der Waals surface area contributed by atoms with Crippen LogP contribution in [0.1, 0.15) is 55.8 Å².